The highest BCUT2D eigenvalue weighted by molar-refractivity contribution is 5.96. The molecule has 0 amide bonds. The monoisotopic (exact) mass is 273 g/mol. The molecule has 0 fully saturated rings. The summed E-state index contributed by atoms with van der Waals surface area (Å²) in [5.74, 6) is 0. The number of benzene rings is 3. The van der Waals surface area contributed by atoms with Gasteiger partial charge in [0.05, 0.1) is 6.04 Å². The first kappa shape index (κ1) is 12.5. The maximum atomic E-state index is 3.75. The molecule has 1 heterocycles. The van der Waals surface area contributed by atoms with Gasteiger partial charge in [-0.15, -0.1) is 0 Å². The largest absolute Gasteiger partial charge is 0.377 e. The maximum absolute atomic E-state index is 3.75. The van der Waals surface area contributed by atoms with Crippen LogP contribution in [0.1, 0.15) is 28.3 Å². The van der Waals surface area contributed by atoms with Gasteiger partial charge in [0.2, 0.25) is 0 Å². The predicted octanol–water partition coefficient (Wildman–Crippen LogP) is 5.17. The van der Waals surface area contributed by atoms with E-state index in [1.165, 1.54) is 38.7 Å². The van der Waals surface area contributed by atoms with Gasteiger partial charge in [-0.1, -0.05) is 60.2 Å². The second-order valence-corrected chi connectivity index (χ2v) is 6.08. The van der Waals surface area contributed by atoms with Crippen molar-refractivity contribution in [2.45, 2.75) is 26.3 Å². The normalized spacial score (nSPS) is 16.8. The van der Waals surface area contributed by atoms with Crippen molar-refractivity contribution >= 4 is 16.5 Å². The minimum Gasteiger partial charge on any atom is -0.377 e. The fraction of sp³-hybridized carbons (Fsp3) is 0.200. The Labute approximate surface area is 125 Å². The molecule has 3 aromatic rings. The molecule has 0 bridgehead atoms. The summed E-state index contributed by atoms with van der Waals surface area (Å²) < 4.78 is 0. The molecule has 0 aliphatic carbocycles. The van der Waals surface area contributed by atoms with E-state index in [9.17, 15) is 0 Å². The third-order valence-electron chi connectivity index (χ3n) is 4.56. The summed E-state index contributed by atoms with van der Waals surface area (Å²) in [4.78, 5) is 0. The first-order valence-electron chi connectivity index (χ1n) is 7.57. The summed E-state index contributed by atoms with van der Waals surface area (Å²) in [6.45, 7) is 4.37. The van der Waals surface area contributed by atoms with Crippen LogP contribution in [0.4, 0.5) is 5.69 Å². The average Bonchev–Trinajstić information content (AvgIpc) is 2.91. The molecule has 1 N–H and O–H groups in total. The van der Waals surface area contributed by atoms with Crippen LogP contribution in [0.15, 0.2) is 54.6 Å². The van der Waals surface area contributed by atoms with Crippen molar-refractivity contribution in [1.82, 2.24) is 0 Å². The fourth-order valence-electron chi connectivity index (χ4n) is 3.51. The van der Waals surface area contributed by atoms with Crippen LogP contribution in [0.5, 0.6) is 0 Å². The van der Waals surface area contributed by atoms with Crippen LogP contribution in [-0.2, 0) is 6.42 Å². The lowest BCUT2D eigenvalue weighted by Crippen LogP contribution is -2.07. The molecular weight excluding hydrogens is 254 g/mol. The molecule has 0 saturated heterocycles. The second-order valence-electron chi connectivity index (χ2n) is 6.08. The zero-order chi connectivity index (χ0) is 14.4. The van der Waals surface area contributed by atoms with Crippen molar-refractivity contribution < 1.29 is 0 Å². The third-order valence-corrected chi connectivity index (χ3v) is 4.56. The quantitative estimate of drug-likeness (QED) is 0.645. The number of anilines is 1. The summed E-state index contributed by atoms with van der Waals surface area (Å²) >= 11 is 0. The Morgan fingerprint density at radius 1 is 0.952 bits per heavy atom. The molecule has 0 saturated carbocycles. The van der Waals surface area contributed by atoms with Crippen LogP contribution in [-0.4, -0.2) is 0 Å². The highest BCUT2D eigenvalue weighted by Crippen LogP contribution is 2.39. The first-order chi connectivity index (χ1) is 10.2. The summed E-state index contributed by atoms with van der Waals surface area (Å²) in [5.41, 5.74) is 6.87. The van der Waals surface area contributed by atoms with Gasteiger partial charge in [-0.25, -0.2) is 0 Å². The summed E-state index contributed by atoms with van der Waals surface area (Å²) in [6, 6.07) is 20.3. The molecule has 1 heteroatoms. The smallest absolute Gasteiger partial charge is 0.0557 e. The molecule has 1 atom stereocenters. The van der Waals surface area contributed by atoms with Gasteiger partial charge >= 0.3 is 0 Å². The molecule has 1 aliphatic rings. The van der Waals surface area contributed by atoms with E-state index >= 15 is 0 Å². The van der Waals surface area contributed by atoms with Crippen LogP contribution >= 0.6 is 0 Å². The van der Waals surface area contributed by atoms with Gasteiger partial charge in [-0.05, 0) is 42.3 Å². The lowest BCUT2D eigenvalue weighted by molar-refractivity contribution is 0.816. The van der Waals surface area contributed by atoms with Crippen LogP contribution < -0.4 is 5.32 Å². The van der Waals surface area contributed by atoms with Crippen LogP contribution in [0.25, 0.3) is 10.8 Å². The Morgan fingerprint density at radius 3 is 2.67 bits per heavy atom. The Balaban J connectivity index is 1.78. The average molecular weight is 273 g/mol. The molecule has 104 valence electrons. The first-order valence-corrected chi connectivity index (χ1v) is 7.57. The van der Waals surface area contributed by atoms with Gasteiger partial charge in [-0.2, -0.15) is 0 Å². The van der Waals surface area contributed by atoms with E-state index in [0.29, 0.717) is 6.04 Å². The van der Waals surface area contributed by atoms with Crippen molar-refractivity contribution in [2.24, 2.45) is 0 Å². The molecule has 1 aliphatic heterocycles. The zero-order valence-corrected chi connectivity index (χ0v) is 12.5. The number of nitrogens with one attached hydrogen (secondary N) is 1. The molecule has 0 aromatic heterocycles. The number of hydrogen-bond donors (Lipinski definition) is 1. The molecule has 0 spiro atoms. The number of rotatable bonds is 1. The van der Waals surface area contributed by atoms with Gasteiger partial charge in [0.25, 0.3) is 0 Å². The fourth-order valence-corrected chi connectivity index (χ4v) is 3.51. The minimum atomic E-state index is 0.395. The van der Waals surface area contributed by atoms with E-state index in [4.69, 9.17) is 0 Å². The summed E-state index contributed by atoms with van der Waals surface area (Å²) in [5, 5.41) is 6.40. The van der Waals surface area contributed by atoms with E-state index in [0.717, 1.165) is 6.42 Å². The molecule has 3 aromatic carbocycles. The zero-order valence-electron chi connectivity index (χ0n) is 12.5. The van der Waals surface area contributed by atoms with E-state index in [2.05, 4.69) is 73.8 Å². The van der Waals surface area contributed by atoms with E-state index in [1.807, 2.05) is 0 Å². The molecule has 1 unspecified atom stereocenters. The standard InChI is InChI=1S/C20H19N/c1-13-7-10-17(14(2)11-13)19-12-16-9-8-15-5-3-4-6-18(15)20(16)21-19/h3-11,19,21H,12H2,1-2H3. The van der Waals surface area contributed by atoms with E-state index in [1.54, 1.807) is 0 Å². The number of aryl methyl sites for hydroxylation is 2. The highest BCUT2D eigenvalue weighted by Gasteiger charge is 2.24. The van der Waals surface area contributed by atoms with Gasteiger partial charge in [0.1, 0.15) is 0 Å². The maximum Gasteiger partial charge on any atom is 0.0557 e. The SMILES string of the molecule is Cc1ccc(C2Cc3ccc4ccccc4c3N2)c(C)c1. The lowest BCUT2D eigenvalue weighted by atomic mass is 9.96. The minimum absolute atomic E-state index is 0.395. The molecule has 0 radical (unpaired) electrons. The Kier molecular flexibility index (Phi) is 2.75. The van der Waals surface area contributed by atoms with Crippen molar-refractivity contribution in [2.75, 3.05) is 5.32 Å². The van der Waals surface area contributed by atoms with Crippen LogP contribution in [0.2, 0.25) is 0 Å². The van der Waals surface area contributed by atoms with Crippen molar-refractivity contribution in [3.05, 3.63) is 76.9 Å². The Bertz CT molecular complexity index is 832. The predicted molar refractivity (Wildman–Crippen MR) is 89.9 cm³/mol. The van der Waals surface area contributed by atoms with E-state index < -0.39 is 0 Å². The van der Waals surface area contributed by atoms with Crippen LogP contribution in [0, 0.1) is 13.8 Å². The molecular formula is C20H19N. The van der Waals surface area contributed by atoms with Gasteiger partial charge in [0.15, 0.2) is 0 Å². The van der Waals surface area contributed by atoms with Gasteiger partial charge in [0, 0.05) is 11.1 Å². The van der Waals surface area contributed by atoms with Gasteiger partial charge in [-0.3, -0.25) is 0 Å². The second kappa shape index (κ2) is 4.63. The summed E-state index contributed by atoms with van der Waals surface area (Å²) in [7, 11) is 0. The third kappa shape index (κ3) is 2.01. The molecule has 4 rings (SSSR count). The number of hydrogen-bond acceptors (Lipinski definition) is 1. The Morgan fingerprint density at radius 2 is 1.81 bits per heavy atom. The number of fused-ring (bicyclic) bond motifs is 3. The topological polar surface area (TPSA) is 12.0 Å². The molecule has 1 nitrogen and oxygen atoms in total. The van der Waals surface area contributed by atoms with Crippen molar-refractivity contribution in [1.29, 1.82) is 0 Å². The summed E-state index contributed by atoms with van der Waals surface area (Å²) in [6.07, 6.45) is 1.07. The highest BCUT2D eigenvalue weighted by atomic mass is 15.0. The van der Waals surface area contributed by atoms with Crippen LogP contribution in [0.3, 0.4) is 0 Å². The Hall–Kier alpha value is -2.28. The van der Waals surface area contributed by atoms with Crippen molar-refractivity contribution in [3.8, 4) is 0 Å². The lowest BCUT2D eigenvalue weighted by Gasteiger charge is -2.15. The van der Waals surface area contributed by atoms with Gasteiger partial charge < -0.3 is 5.32 Å². The van der Waals surface area contributed by atoms with Crippen molar-refractivity contribution in [3.63, 3.8) is 0 Å². The molecule has 21 heavy (non-hydrogen) atoms. The van der Waals surface area contributed by atoms with E-state index in [-0.39, 0.29) is 0 Å².